The number of alkyl halides is 1. The Kier molecular flexibility index (Phi) is 4.01. The van der Waals surface area contributed by atoms with Crippen LogP contribution in [0.1, 0.15) is 18.4 Å². The van der Waals surface area contributed by atoms with Crippen molar-refractivity contribution in [3.8, 4) is 0 Å². The summed E-state index contributed by atoms with van der Waals surface area (Å²) < 4.78 is 26.8. The van der Waals surface area contributed by atoms with Gasteiger partial charge in [-0.15, -0.1) is 0 Å². The second-order valence-electron chi connectivity index (χ2n) is 4.04. The highest BCUT2D eigenvalue weighted by Crippen LogP contribution is 2.16. The van der Waals surface area contributed by atoms with Crippen molar-refractivity contribution in [3.63, 3.8) is 0 Å². The van der Waals surface area contributed by atoms with Crippen LogP contribution in [0.5, 0.6) is 0 Å². The Morgan fingerprint density at radius 1 is 1.18 bits per heavy atom. The van der Waals surface area contributed by atoms with Crippen molar-refractivity contribution >= 4 is 26.0 Å². The summed E-state index contributed by atoms with van der Waals surface area (Å²) in [6.45, 7) is 0. The number of halogens is 1. The quantitative estimate of drug-likeness (QED) is 0.685. The van der Waals surface area contributed by atoms with E-state index >= 15 is 0 Å². The molecule has 0 aliphatic heterocycles. The van der Waals surface area contributed by atoms with E-state index in [0.717, 1.165) is 23.7 Å². The van der Waals surface area contributed by atoms with E-state index in [-0.39, 0.29) is 6.04 Å². The average Bonchev–Trinajstić information content (AvgIpc) is 2.81. The Labute approximate surface area is 110 Å². The Morgan fingerprint density at radius 3 is 2.29 bits per heavy atom. The topological polar surface area (TPSA) is 46.2 Å². The summed E-state index contributed by atoms with van der Waals surface area (Å²) >= 11 is 3.33. The van der Waals surface area contributed by atoms with E-state index < -0.39 is 10.0 Å². The number of hydrogen-bond acceptors (Lipinski definition) is 2. The van der Waals surface area contributed by atoms with Gasteiger partial charge in [0.1, 0.15) is 0 Å². The van der Waals surface area contributed by atoms with Crippen molar-refractivity contribution in [1.29, 1.82) is 0 Å². The van der Waals surface area contributed by atoms with Gasteiger partial charge < -0.3 is 0 Å². The SMILES string of the molecule is O=S(=O)(NC1CC=CC1)c1ccc(CBr)cc1. The maximum absolute atomic E-state index is 12.0. The van der Waals surface area contributed by atoms with Gasteiger partial charge in [-0.25, -0.2) is 13.1 Å². The predicted molar refractivity (Wildman–Crippen MR) is 71.6 cm³/mol. The molecule has 0 aromatic heterocycles. The average molecular weight is 316 g/mol. The van der Waals surface area contributed by atoms with Gasteiger partial charge in [-0.3, -0.25) is 0 Å². The van der Waals surface area contributed by atoms with Gasteiger partial charge in [0.25, 0.3) is 0 Å². The van der Waals surface area contributed by atoms with Crippen molar-refractivity contribution < 1.29 is 8.42 Å². The molecule has 92 valence electrons. The fraction of sp³-hybridized carbons (Fsp3) is 0.333. The van der Waals surface area contributed by atoms with Gasteiger partial charge in [0.05, 0.1) is 4.90 Å². The van der Waals surface area contributed by atoms with Crippen LogP contribution < -0.4 is 4.72 Å². The lowest BCUT2D eigenvalue weighted by molar-refractivity contribution is 0.557. The lowest BCUT2D eigenvalue weighted by Gasteiger charge is -2.12. The van der Waals surface area contributed by atoms with Crippen LogP contribution in [-0.2, 0) is 15.4 Å². The molecular weight excluding hydrogens is 302 g/mol. The molecule has 0 heterocycles. The van der Waals surface area contributed by atoms with Crippen LogP contribution in [0.4, 0.5) is 0 Å². The molecule has 0 fully saturated rings. The molecule has 0 amide bonds. The summed E-state index contributed by atoms with van der Waals surface area (Å²) in [6.07, 6.45) is 5.56. The highest BCUT2D eigenvalue weighted by atomic mass is 79.9. The summed E-state index contributed by atoms with van der Waals surface area (Å²) in [5, 5.41) is 0.729. The van der Waals surface area contributed by atoms with Crippen molar-refractivity contribution in [3.05, 3.63) is 42.0 Å². The van der Waals surface area contributed by atoms with Crippen molar-refractivity contribution in [2.24, 2.45) is 0 Å². The standard InChI is InChI=1S/C12H14BrNO2S/c13-9-10-5-7-12(8-6-10)17(15,16)14-11-3-1-2-4-11/h1-2,5-8,11,14H,3-4,9H2. The van der Waals surface area contributed by atoms with Gasteiger partial charge in [-0.2, -0.15) is 0 Å². The fourth-order valence-corrected chi connectivity index (χ4v) is 3.39. The van der Waals surface area contributed by atoms with Crippen molar-refractivity contribution in [2.45, 2.75) is 29.1 Å². The van der Waals surface area contributed by atoms with Gasteiger partial charge in [-0.05, 0) is 30.5 Å². The van der Waals surface area contributed by atoms with E-state index in [1.165, 1.54) is 0 Å². The highest BCUT2D eigenvalue weighted by molar-refractivity contribution is 9.08. The second-order valence-corrected chi connectivity index (χ2v) is 6.31. The minimum Gasteiger partial charge on any atom is -0.207 e. The number of sulfonamides is 1. The third kappa shape index (κ3) is 3.18. The van der Waals surface area contributed by atoms with Crippen molar-refractivity contribution in [2.75, 3.05) is 0 Å². The highest BCUT2D eigenvalue weighted by Gasteiger charge is 2.20. The molecule has 1 aromatic rings. The van der Waals surface area contributed by atoms with Gasteiger partial charge in [0.2, 0.25) is 10.0 Å². The van der Waals surface area contributed by atoms with E-state index in [1.807, 2.05) is 24.3 Å². The minimum atomic E-state index is -3.37. The molecule has 1 N–H and O–H groups in total. The molecule has 0 bridgehead atoms. The zero-order valence-electron chi connectivity index (χ0n) is 9.27. The lowest BCUT2D eigenvalue weighted by Crippen LogP contribution is -2.32. The molecule has 17 heavy (non-hydrogen) atoms. The Bertz CT molecular complexity index is 500. The molecule has 5 heteroatoms. The Morgan fingerprint density at radius 2 is 1.76 bits per heavy atom. The maximum atomic E-state index is 12.0. The van der Waals surface area contributed by atoms with Crippen LogP contribution in [0.25, 0.3) is 0 Å². The largest absolute Gasteiger partial charge is 0.240 e. The van der Waals surface area contributed by atoms with E-state index in [0.29, 0.717) is 4.90 Å². The van der Waals surface area contributed by atoms with Gasteiger partial charge in [0.15, 0.2) is 0 Å². The molecule has 0 saturated carbocycles. The zero-order valence-corrected chi connectivity index (χ0v) is 11.7. The monoisotopic (exact) mass is 315 g/mol. The third-order valence-corrected chi connectivity index (χ3v) is 4.90. The Balaban J connectivity index is 2.13. The number of nitrogens with one attached hydrogen (secondary N) is 1. The van der Waals surface area contributed by atoms with Gasteiger partial charge in [-0.1, -0.05) is 40.2 Å². The van der Waals surface area contributed by atoms with Crippen LogP contribution in [0.15, 0.2) is 41.3 Å². The smallest absolute Gasteiger partial charge is 0.207 e. The third-order valence-electron chi connectivity index (χ3n) is 2.72. The number of rotatable bonds is 4. The zero-order chi connectivity index (χ0) is 12.3. The summed E-state index contributed by atoms with van der Waals surface area (Å²) in [5.41, 5.74) is 1.06. The molecule has 1 aliphatic carbocycles. The van der Waals surface area contributed by atoms with E-state index in [2.05, 4.69) is 20.7 Å². The van der Waals surface area contributed by atoms with E-state index in [4.69, 9.17) is 0 Å². The molecule has 0 spiro atoms. The van der Waals surface area contributed by atoms with Gasteiger partial charge in [0, 0.05) is 11.4 Å². The van der Waals surface area contributed by atoms with E-state index in [9.17, 15) is 8.42 Å². The summed E-state index contributed by atoms with van der Waals surface area (Å²) in [7, 11) is -3.37. The molecule has 0 unspecified atom stereocenters. The van der Waals surface area contributed by atoms with Crippen LogP contribution in [0, 0.1) is 0 Å². The number of benzene rings is 1. The first kappa shape index (κ1) is 12.8. The normalized spacial score (nSPS) is 16.5. The molecular formula is C12H14BrNO2S. The Hall–Kier alpha value is -0.650. The summed E-state index contributed by atoms with van der Waals surface area (Å²) in [6, 6.07) is 6.92. The van der Waals surface area contributed by atoms with Crippen LogP contribution in [-0.4, -0.2) is 14.5 Å². The predicted octanol–water partition coefficient (Wildman–Crippen LogP) is 2.58. The van der Waals surface area contributed by atoms with E-state index in [1.54, 1.807) is 12.1 Å². The molecule has 0 atom stereocenters. The first-order valence-corrected chi connectivity index (χ1v) is 8.04. The summed E-state index contributed by atoms with van der Waals surface area (Å²) in [4.78, 5) is 0.328. The molecule has 0 saturated heterocycles. The first-order valence-electron chi connectivity index (χ1n) is 5.44. The maximum Gasteiger partial charge on any atom is 0.240 e. The van der Waals surface area contributed by atoms with Crippen LogP contribution in [0.3, 0.4) is 0 Å². The van der Waals surface area contributed by atoms with Crippen LogP contribution in [0.2, 0.25) is 0 Å². The molecule has 3 nitrogen and oxygen atoms in total. The molecule has 1 aromatic carbocycles. The second kappa shape index (κ2) is 5.33. The lowest BCUT2D eigenvalue weighted by atomic mass is 10.2. The molecule has 2 rings (SSSR count). The fourth-order valence-electron chi connectivity index (χ4n) is 1.76. The minimum absolute atomic E-state index is 0.0100. The molecule has 1 aliphatic rings. The van der Waals surface area contributed by atoms with Gasteiger partial charge >= 0.3 is 0 Å². The molecule has 0 radical (unpaired) electrons. The van der Waals surface area contributed by atoms with Crippen LogP contribution >= 0.6 is 15.9 Å². The summed E-state index contributed by atoms with van der Waals surface area (Å²) in [5.74, 6) is 0. The first-order chi connectivity index (χ1) is 8.12. The van der Waals surface area contributed by atoms with Crippen molar-refractivity contribution in [1.82, 2.24) is 4.72 Å². The number of hydrogen-bond donors (Lipinski definition) is 1.